The average molecular weight is 218 g/mol. The molecule has 1 N–H and O–H groups in total. The van der Waals surface area contributed by atoms with Crippen LogP contribution >= 0.6 is 0 Å². The summed E-state index contributed by atoms with van der Waals surface area (Å²) in [6.07, 6.45) is 0. The van der Waals surface area contributed by atoms with Crippen LogP contribution in [0.3, 0.4) is 0 Å². The van der Waals surface area contributed by atoms with Crippen LogP contribution in [-0.4, -0.2) is 38.4 Å². The Kier molecular flexibility index (Phi) is 8.89. The van der Waals surface area contributed by atoms with Crippen LogP contribution < -0.4 is 0 Å². The zero-order chi connectivity index (χ0) is 12.4. The number of carboxylic acid groups (broad SMARTS) is 1. The van der Waals surface area contributed by atoms with Crippen molar-refractivity contribution in [2.45, 2.75) is 0 Å². The van der Waals surface area contributed by atoms with E-state index in [2.05, 4.69) is 27.4 Å². The lowest BCUT2D eigenvalue weighted by atomic mass is 10.6. The molecule has 0 saturated heterocycles. The van der Waals surface area contributed by atoms with Crippen molar-refractivity contribution in [1.82, 2.24) is 0 Å². The molecule has 0 heterocycles. The highest BCUT2D eigenvalue weighted by Gasteiger charge is 2.03. The Hall–Kier alpha value is -1.98. The maximum Gasteiger partial charge on any atom is 0.372 e. The smallest absolute Gasteiger partial charge is 0.372 e. The van der Waals surface area contributed by atoms with Crippen molar-refractivity contribution in [1.29, 1.82) is 0 Å². The molecule has 6 heteroatoms. The van der Waals surface area contributed by atoms with Crippen molar-refractivity contribution in [2.75, 3.05) is 21.3 Å². The zero-order valence-corrected chi connectivity index (χ0v) is 8.90. The first-order chi connectivity index (χ1) is 6.90. The van der Waals surface area contributed by atoms with Crippen molar-refractivity contribution < 1.29 is 28.9 Å². The average Bonchev–Trinajstić information content (AvgIpc) is 2.26. The van der Waals surface area contributed by atoms with Gasteiger partial charge < -0.3 is 19.3 Å². The van der Waals surface area contributed by atoms with Crippen LogP contribution in [0.5, 0.6) is 0 Å². The summed E-state index contributed by atoms with van der Waals surface area (Å²) in [4.78, 5) is 20.0. The first-order valence-corrected chi connectivity index (χ1v) is 3.68. The number of esters is 1. The number of carbonyl (C=O) groups is 2. The minimum absolute atomic E-state index is 0.0208. The molecule has 0 unspecified atom stereocenters. The van der Waals surface area contributed by atoms with Gasteiger partial charge in [-0.15, -0.1) is 0 Å². The summed E-state index contributed by atoms with van der Waals surface area (Å²) in [5.41, 5.74) is 0. The second-order valence-corrected chi connectivity index (χ2v) is 2.05. The molecule has 86 valence electrons. The van der Waals surface area contributed by atoms with Gasteiger partial charge in [-0.1, -0.05) is 0 Å². The standard InChI is InChI=1S/C5H8O3.C4H6O3/c1-4(7-2)5(6)8-3;1-3(7-2)4(5)6/h1H2,2-3H3;1H2,2H3,(H,5,6). The number of hydrogen-bond donors (Lipinski definition) is 1. The van der Waals surface area contributed by atoms with E-state index in [1.54, 1.807) is 0 Å². The molecule has 0 aromatic heterocycles. The van der Waals surface area contributed by atoms with Crippen LogP contribution in [-0.2, 0) is 23.8 Å². The van der Waals surface area contributed by atoms with Gasteiger partial charge in [-0.2, -0.15) is 0 Å². The molecule has 0 spiro atoms. The fourth-order valence-electron chi connectivity index (χ4n) is 0.284. The highest BCUT2D eigenvalue weighted by molar-refractivity contribution is 5.85. The Balaban J connectivity index is 0. The second kappa shape index (κ2) is 8.61. The van der Waals surface area contributed by atoms with Gasteiger partial charge in [0.15, 0.2) is 11.5 Å². The molecule has 0 fully saturated rings. The van der Waals surface area contributed by atoms with Crippen LogP contribution in [0.25, 0.3) is 0 Å². The summed E-state index contributed by atoms with van der Waals surface area (Å²) < 4.78 is 12.9. The third kappa shape index (κ3) is 8.35. The van der Waals surface area contributed by atoms with Gasteiger partial charge in [0.05, 0.1) is 21.3 Å². The number of hydrogen-bond acceptors (Lipinski definition) is 5. The third-order valence-corrected chi connectivity index (χ3v) is 1.14. The second-order valence-electron chi connectivity index (χ2n) is 2.05. The van der Waals surface area contributed by atoms with Crippen LogP contribution in [0.4, 0.5) is 0 Å². The van der Waals surface area contributed by atoms with E-state index in [4.69, 9.17) is 5.11 Å². The fourth-order valence-corrected chi connectivity index (χ4v) is 0.284. The van der Waals surface area contributed by atoms with Gasteiger partial charge >= 0.3 is 11.9 Å². The van der Waals surface area contributed by atoms with Crippen molar-refractivity contribution >= 4 is 11.9 Å². The van der Waals surface area contributed by atoms with E-state index in [-0.39, 0.29) is 11.5 Å². The Morgan fingerprint density at radius 2 is 1.33 bits per heavy atom. The number of carboxylic acids is 1. The molecule has 6 nitrogen and oxygen atoms in total. The third-order valence-electron chi connectivity index (χ3n) is 1.14. The molecule has 15 heavy (non-hydrogen) atoms. The highest BCUT2D eigenvalue weighted by atomic mass is 16.6. The van der Waals surface area contributed by atoms with Crippen molar-refractivity contribution in [3.8, 4) is 0 Å². The molecule has 0 bridgehead atoms. The molecule has 0 aliphatic carbocycles. The highest BCUT2D eigenvalue weighted by Crippen LogP contribution is 1.90. The Morgan fingerprint density at radius 3 is 1.40 bits per heavy atom. The van der Waals surface area contributed by atoms with Gasteiger partial charge in [-0.3, -0.25) is 0 Å². The van der Waals surface area contributed by atoms with Crippen LogP contribution in [0.1, 0.15) is 0 Å². The molecular weight excluding hydrogens is 204 g/mol. The van der Waals surface area contributed by atoms with E-state index < -0.39 is 11.9 Å². The van der Waals surface area contributed by atoms with Crippen molar-refractivity contribution in [3.05, 3.63) is 24.7 Å². The SMILES string of the molecule is C=C(OC)C(=O)O.C=C(OC)C(=O)OC. The molecule has 0 saturated carbocycles. The molecule has 0 rings (SSSR count). The molecule has 0 radical (unpaired) electrons. The number of rotatable bonds is 4. The first kappa shape index (κ1) is 15.5. The predicted molar refractivity (Wildman–Crippen MR) is 51.9 cm³/mol. The number of carbonyl (C=O) groups excluding carboxylic acids is 1. The Morgan fingerprint density at radius 1 is 0.933 bits per heavy atom. The summed E-state index contributed by atoms with van der Waals surface area (Å²) in [5.74, 6) is -1.87. The van der Waals surface area contributed by atoms with E-state index in [0.29, 0.717) is 0 Å². The summed E-state index contributed by atoms with van der Waals surface area (Å²) in [7, 11) is 3.89. The van der Waals surface area contributed by atoms with E-state index in [9.17, 15) is 9.59 Å². The Bertz CT molecular complexity index is 241. The van der Waals surface area contributed by atoms with E-state index in [1.165, 1.54) is 21.3 Å². The topological polar surface area (TPSA) is 82.1 Å². The fraction of sp³-hybridized carbons (Fsp3) is 0.333. The van der Waals surface area contributed by atoms with E-state index >= 15 is 0 Å². The maximum absolute atomic E-state index is 10.3. The number of aliphatic carboxylic acids is 1. The van der Waals surface area contributed by atoms with Crippen LogP contribution in [0, 0.1) is 0 Å². The molecule has 0 amide bonds. The summed E-state index contributed by atoms with van der Waals surface area (Å²) in [6, 6.07) is 0. The minimum atomic E-state index is -1.12. The summed E-state index contributed by atoms with van der Waals surface area (Å²) >= 11 is 0. The number of methoxy groups -OCH3 is 3. The van der Waals surface area contributed by atoms with Gasteiger partial charge in [0.1, 0.15) is 0 Å². The molecule has 0 aromatic rings. The monoisotopic (exact) mass is 218 g/mol. The van der Waals surface area contributed by atoms with Crippen molar-refractivity contribution in [3.63, 3.8) is 0 Å². The van der Waals surface area contributed by atoms with E-state index in [1.807, 2.05) is 0 Å². The van der Waals surface area contributed by atoms with Gasteiger partial charge in [0.25, 0.3) is 0 Å². The maximum atomic E-state index is 10.3. The number of ether oxygens (including phenoxy) is 3. The lowest BCUT2D eigenvalue weighted by Gasteiger charge is -1.98. The van der Waals surface area contributed by atoms with Crippen molar-refractivity contribution in [2.24, 2.45) is 0 Å². The minimum Gasteiger partial charge on any atom is -0.490 e. The van der Waals surface area contributed by atoms with Gasteiger partial charge in [0, 0.05) is 0 Å². The Labute approximate surface area is 87.7 Å². The van der Waals surface area contributed by atoms with Crippen LogP contribution in [0.15, 0.2) is 24.7 Å². The molecule has 0 atom stereocenters. The normalized spacial score (nSPS) is 7.67. The molecular formula is C9H14O6. The molecule has 0 aliphatic heterocycles. The van der Waals surface area contributed by atoms with E-state index in [0.717, 1.165) is 0 Å². The van der Waals surface area contributed by atoms with Gasteiger partial charge in [-0.05, 0) is 13.2 Å². The lowest BCUT2D eigenvalue weighted by molar-refractivity contribution is -0.139. The predicted octanol–water partition coefficient (Wildman–Crippen LogP) is 0.551. The zero-order valence-electron chi connectivity index (χ0n) is 8.90. The first-order valence-electron chi connectivity index (χ1n) is 3.68. The van der Waals surface area contributed by atoms with Gasteiger partial charge in [-0.25, -0.2) is 9.59 Å². The van der Waals surface area contributed by atoms with Gasteiger partial charge in [0.2, 0.25) is 0 Å². The quantitative estimate of drug-likeness (QED) is 0.421. The summed E-state index contributed by atoms with van der Waals surface area (Å²) in [6.45, 7) is 6.30. The van der Waals surface area contributed by atoms with Crippen LogP contribution in [0.2, 0.25) is 0 Å². The largest absolute Gasteiger partial charge is 0.490 e. The summed E-state index contributed by atoms with van der Waals surface area (Å²) in [5, 5.41) is 7.96. The lowest BCUT2D eigenvalue weighted by Crippen LogP contribution is -2.04. The molecule has 0 aliphatic rings. The molecule has 0 aromatic carbocycles.